The monoisotopic (exact) mass is 279 g/mol. The fourth-order valence-electron chi connectivity index (χ4n) is 0.729. The Bertz CT molecular complexity index is 72.9. The zero-order chi connectivity index (χ0) is 9.66. The molecule has 0 saturated carbocycles. The van der Waals surface area contributed by atoms with Crippen LogP contribution in [0.4, 0.5) is 0 Å². The summed E-state index contributed by atoms with van der Waals surface area (Å²) in [6.45, 7) is 4.58. The molecule has 3 heteroatoms. The first-order chi connectivity index (χ1) is 5.83. The van der Waals surface area contributed by atoms with Crippen molar-refractivity contribution in [2.24, 2.45) is 5.73 Å². The third-order valence-electron chi connectivity index (χ3n) is 1.41. The van der Waals surface area contributed by atoms with Gasteiger partial charge in [-0.15, -0.1) is 0 Å². The molecule has 0 aromatic rings. The Hall–Kier alpha value is 0.269. The van der Waals surface area contributed by atoms with E-state index in [1.807, 2.05) is 0 Å². The fraction of sp³-hybridized carbons (Fsp3) is 0.889. The Morgan fingerprint density at radius 2 is 1.50 bits per heavy atom. The molecule has 0 aromatic heterocycles. The Labute approximate surface area is 86.5 Å². The van der Waals surface area contributed by atoms with Gasteiger partial charge in [-0.3, -0.25) is 4.79 Å². The van der Waals surface area contributed by atoms with Crippen LogP contribution in [0.3, 0.4) is 0 Å². The first-order valence-electron chi connectivity index (χ1n) is 4.69. The van der Waals surface area contributed by atoms with Crippen LogP contribution in [0.5, 0.6) is 0 Å². The van der Waals surface area contributed by atoms with E-state index < -0.39 is 0 Å². The minimum absolute atomic E-state index is 0.149. The Morgan fingerprint density at radius 1 is 1.17 bits per heavy atom. The molecule has 0 unspecified atom stereocenters. The first kappa shape index (κ1) is 14.8. The predicted molar refractivity (Wildman–Crippen MR) is 55.4 cm³/mol. The molecule has 0 aromatic carbocycles. The normalized spacial score (nSPS) is 8.50. The van der Waals surface area contributed by atoms with Crippen LogP contribution in [0.25, 0.3) is 0 Å². The van der Waals surface area contributed by atoms with Gasteiger partial charge < -0.3 is 5.73 Å². The largest absolute Gasteiger partial charge is 0.372 e. The second kappa shape index (κ2) is 17.4. The molecule has 0 saturated heterocycles. The van der Waals surface area contributed by atoms with Gasteiger partial charge in [-0.2, -0.15) is 0 Å². The van der Waals surface area contributed by atoms with Gasteiger partial charge in [0.05, 0.1) is 0 Å². The third kappa shape index (κ3) is 22.4. The summed E-state index contributed by atoms with van der Waals surface area (Å²) >= 11 is 0.149. The number of carbonyl (C=O) groups is 1. The van der Waals surface area contributed by atoms with Crippen LogP contribution in [0, 0.1) is 0 Å². The Balaban J connectivity index is 0. The van der Waals surface area contributed by atoms with Crippen LogP contribution < -0.4 is 5.73 Å². The first-order valence-corrected chi connectivity index (χ1v) is 8.73. The number of primary amides is 1. The summed E-state index contributed by atoms with van der Waals surface area (Å²) in [4.78, 5) is 8.58. The number of carbonyl (C=O) groups excluding carboxylic acids is 1. The van der Waals surface area contributed by atoms with Crippen LogP contribution in [0.15, 0.2) is 0 Å². The van der Waals surface area contributed by atoms with Gasteiger partial charge in [-0.05, 0) is 0 Å². The van der Waals surface area contributed by atoms with E-state index in [9.17, 15) is 0 Å². The van der Waals surface area contributed by atoms with Crippen molar-refractivity contribution < 1.29 is 4.79 Å². The average Bonchev–Trinajstić information content (AvgIpc) is 2.06. The SMILES string of the molecule is CCC[CH2][Sn][CH2]CCC.NC=O. The molecule has 1 amide bonds. The number of nitrogens with two attached hydrogens (primary N) is 1. The van der Waals surface area contributed by atoms with Crippen LogP contribution in [-0.2, 0) is 4.79 Å². The molecular weight excluding hydrogens is 257 g/mol. The molecule has 0 fully saturated rings. The summed E-state index contributed by atoms with van der Waals surface area (Å²) < 4.78 is 3.25. The van der Waals surface area contributed by atoms with Crippen molar-refractivity contribution in [2.75, 3.05) is 0 Å². The molecule has 0 aliphatic carbocycles. The van der Waals surface area contributed by atoms with Crippen LogP contribution in [-0.4, -0.2) is 27.6 Å². The van der Waals surface area contributed by atoms with Crippen LogP contribution in [0.2, 0.25) is 8.87 Å². The molecule has 0 aliphatic heterocycles. The second-order valence-electron chi connectivity index (χ2n) is 2.59. The molecule has 0 rings (SSSR count). The van der Waals surface area contributed by atoms with Gasteiger partial charge in [0.15, 0.2) is 0 Å². The van der Waals surface area contributed by atoms with E-state index in [4.69, 9.17) is 4.79 Å². The molecule has 72 valence electrons. The summed E-state index contributed by atoms with van der Waals surface area (Å²) in [5, 5.41) is 0. The quantitative estimate of drug-likeness (QED) is 0.452. The third-order valence-corrected chi connectivity index (χ3v) is 5.45. The summed E-state index contributed by atoms with van der Waals surface area (Å²) in [6, 6.07) is 0. The van der Waals surface area contributed by atoms with Crippen molar-refractivity contribution in [2.45, 2.75) is 48.4 Å². The topological polar surface area (TPSA) is 43.1 Å². The Kier molecular flexibility index (Phi) is 21.4. The number of hydrogen-bond acceptors (Lipinski definition) is 1. The minimum Gasteiger partial charge on any atom is -0.372 e. The maximum atomic E-state index is 8.58. The number of amides is 1. The molecule has 2 radical (unpaired) electrons. The minimum atomic E-state index is 0.149. The zero-order valence-electron chi connectivity index (χ0n) is 8.31. The molecular formula is C9H21NOSn. The summed E-state index contributed by atoms with van der Waals surface area (Å²) in [7, 11) is 0. The van der Waals surface area contributed by atoms with Crippen LogP contribution in [0.1, 0.15) is 39.5 Å². The maximum absolute atomic E-state index is 8.58. The molecule has 0 atom stereocenters. The van der Waals surface area contributed by atoms with Crippen molar-refractivity contribution in [1.82, 2.24) is 0 Å². The van der Waals surface area contributed by atoms with E-state index in [-0.39, 0.29) is 27.6 Å². The summed E-state index contributed by atoms with van der Waals surface area (Å²) in [5.41, 5.74) is 4.17. The van der Waals surface area contributed by atoms with E-state index in [0.29, 0.717) is 0 Å². The van der Waals surface area contributed by atoms with E-state index in [2.05, 4.69) is 19.6 Å². The van der Waals surface area contributed by atoms with Gasteiger partial charge in [0, 0.05) is 0 Å². The Morgan fingerprint density at radius 3 is 1.75 bits per heavy atom. The fourth-order valence-corrected chi connectivity index (χ4v) is 4.89. The van der Waals surface area contributed by atoms with Gasteiger partial charge in [0.1, 0.15) is 0 Å². The second-order valence-corrected chi connectivity index (χ2v) is 6.87. The van der Waals surface area contributed by atoms with Gasteiger partial charge >= 0.3 is 69.5 Å². The smallest absolute Gasteiger partial charge is 0.204 e. The summed E-state index contributed by atoms with van der Waals surface area (Å²) in [5.74, 6) is 0. The maximum Gasteiger partial charge on any atom is 0.204 e. The van der Waals surface area contributed by atoms with Crippen molar-refractivity contribution in [1.29, 1.82) is 0 Å². The molecule has 0 heterocycles. The molecule has 12 heavy (non-hydrogen) atoms. The van der Waals surface area contributed by atoms with Gasteiger partial charge in [0.2, 0.25) is 6.41 Å². The molecule has 0 bridgehead atoms. The van der Waals surface area contributed by atoms with Crippen molar-refractivity contribution in [3.63, 3.8) is 0 Å². The van der Waals surface area contributed by atoms with Crippen molar-refractivity contribution in [3.05, 3.63) is 0 Å². The van der Waals surface area contributed by atoms with Gasteiger partial charge in [-0.25, -0.2) is 0 Å². The predicted octanol–water partition coefficient (Wildman–Crippen LogP) is 2.23. The molecule has 2 nitrogen and oxygen atoms in total. The molecule has 2 N–H and O–H groups in total. The van der Waals surface area contributed by atoms with E-state index >= 15 is 0 Å². The van der Waals surface area contributed by atoms with E-state index in [1.165, 1.54) is 25.7 Å². The van der Waals surface area contributed by atoms with E-state index in [1.54, 1.807) is 8.87 Å². The number of hydrogen-bond donors (Lipinski definition) is 1. The van der Waals surface area contributed by atoms with E-state index in [0.717, 1.165) is 0 Å². The summed E-state index contributed by atoms with van der Waals surface area (Å²) in [6.07, 6.45) is 6.09. The zero-order valence-corrected chi connectivity index (χ0v) is 11.2. The van der Waals surface area contributed by atoms with Crippen molar-refractivity contribution in [3.8, 4) is 0 Å². The van der Waals surface area contributed by atoms with Gasteiger partial charge in [-0.1, -0.05) is 0 Å². The van der Waals surface area contributed by atoms with Crippen LogP contribution >= 0.6 is 0 Å². The number of unbranched alkanes of at least 4 members (excludes halogenated alkanes) is 2. The standard InChI is InChI=1S/2C4H9.CH3NO.Sn/c2*1-3-4-2;2-1-3;/h2*1,3-4H2,2H3;1H,(H2,2,3);. The number of rotatable bonds is 6. The van der Waals surface area contributed by atoms with Gasteiger partial charge in [0.25, 0.3) is 0 Å². The average molecular weight is 278 g/mol. The molecule has 0 aliphatic rings. The van der Waals surface area contributed by atoms with Crippen molar-refractivity contribution >= 4 is 27.6 Å². The molecule has 0 spiro atoms.